The van der Waals surface area contributed by atoms with Gasteiger partial charge in [-0.25, -0.2) is 0 Å². The van der Waals surface area contributed by atoms with Crippen LogP contribution in [0.5, 0.6) is 5.75 Å². The quantitative estimate of drug-likeness (QED) is 0.653. The first-order chi connectivity index (χ1) is 14.5. The first-order valence-electron chi connectivity index (χ1n) is 10.3. The molecule has 0 aliphatic carbocycles. The van der Waals surface area contributed by atoms with Gasteiger partial charge in [0.05, 0.1) is 12.2 Å². The summed E-state index contributed by atoms with van der Waals surface area (Å²) in [6.45, 7) is 9.15. The molecule has 1 N–H and O–H groups in total. The van der Waals surface area contributed by atoms with Gasteiger partial charge in [0, 0.05) is 48.6 Å². The molecule has 1 aliphatic heterocycles. The van der Waals surface area contributed by atoms with Crippen LogP contribution in [0.3, 0.4) is 0 Å². The number of nitrogens with one attached hydrogen (secondary N) is 1. The van der Waals surface area contributed by atoms with E-state index in [0.717, 1.165) is 40.4 Å². The summed E-state index contributed by atoms with van der Waals surface area (Å²) < 4.78 is 8.29. The molecule has 3 heterocycles. The molecule has 0 spiro atoms. The number of carbonyl (C=O) groups excluding carboxylic acids is 1. The third-order valence-electron chi connectivity index (χ3n) is 5.64. The first-order valence-corrected chi connectivity index (χ1v) is 11.3. The van der Waals surface area contributed by atoms with Crippen molar-refractivity contribution in [3.63, 3.8) is 0 Å². The van der Waals surface area contributed by atoms with E-state index in [-0.39, 0.29) is 12.0 Å². The largest absolute Gasteiger partial charge is 0.484 e. The minimum absolute atomic E-state index is 0.0153. The lowest BCUT2D eigenvalue weighted by Gasteiger charge is -2.23. The number of ether oxygens (including phenoxy) is 1. The third-order valence-corrected chi connectivity index (χ3v) is 6.34. The van der Waals surface area contributed by atoms with Crippen LogP contribution in [0, 0.1) is 13.8 Å². The molecule has 6 nitrogen and oxygen atoms in total. The number of hydrogen-bond acceptors (Lipinski definition) is 5. The van der Waals surface area contributed by atoms with E-state index in [1.54, 1.807) is 11.3 Å². The molecule has 0 bridgehead atoms. The zero-order chi connectivity index (χ0) is 21.1. The molecule has 158 valence electrons. The number of thiophene rings is 1. The summed E-state index contributed by atoms with van der Waals surface area (Å²) in [5, 5.41) is 11.8. The lowest BCUT2D eigenvalue weighted by molar-refractivity contribution is -0.122. The van der Waals surface area contributed by atoms with Crippen molar-refractivity contribution in [3.05, 3.63) is 69.2 Å². The Labute approximate surface area is 181 Å². The molecular weight excluding hydrogens is 396 g/mol. The molecule has 7 heteroatoms. The Morgan fingerprint density at radius 1 is 1.30 bits per heavy atom. The minimum Gasteiger partial charge on any atom is -0.484 e. The number of para-hydroxylation sites is 1. The molecule has 1 aliphatic rings. The summed E-state index contributed by atoms with van der Waals surface area (Å²) in [5.41, 5.74) is 5.46. The summed E-state index contributed by atoms with van der Waals surface area (Å²) in [4.78, 5) is 14.9. The SMILES string of the molecule is CCn1nc(C)c(CNC(=O)CN2Cc3ccccc3OC(c3ccsc3)C2)c1C. The predicted octanol–water partition coefficient (Wildman–Crippen LogP) is 3.83. The summed E-state index contributed by atoms with van der Waals surface area (Å²) in [5.74, 6) is 0.913. The molecular formula is C23H28N4O2S. The van der Waals surface area contributed by atoms with Crippen molar-refractivity contribution in [3.8, 4) is 5.75 Å². The van der Waals surface area contributed by atoms with E-state index in [1.165, 1.54) is 0 Å². The zero-order valence-corrected chi connectivity index (χ0v) is 18.5. The van der Waals surface area contributed by atoms with Gasteiger partial charge < -0.3 is 10.1 Å². The smallest absolute Gasteiger partial charge is 0.234 e. The second-order valence-electron chi connectivity index (χ2n) is 7.68. The number of aryl methyl sites for hydroxylation is 2. The average Bonchev–Trinajstić information content (AvgIpc) is 3.31. The summed E-state index contributed by atoms with van der Waals surface area (Å²) in [6.07, 6.45) is -0.0834. The van der Waals surface area contributed by atoms with E-state index in [0.29, 0.717) is 26.2 Å². The normalized spacial score (nSPS) is 16.6. The number of rotatable bonds is 6. The van der Waals surface area contributed by atoms with Crippen molar-refractivity contribution in [2.45, 2.75) is 46.5 Å². The van der Waals surface area contributed by atoms with Crippen LogP contribution in [-0.4, -0.2) is 33.7 Å². The van der Waals surface area contributed by atoms with Crippen molar-refractivity contribution >= 4 is 17.2 Å². The van der Waals surface area contributed by atoms with Crippen molar-refractivity contribution in [2.75, 3.05) is 13.1 Å². The van der Waals surface area contributed by atoms with E-state index >= 15 is 0 Å². The Kier molecular flexibility index (Phi) is 6.20. The number of amides is 1. The molecule has 4 rings (SSSR count). The van der Waals surface area contributed by atoms with E-state index in [2.05, 4.69) is 52.1 Å². The lowest BCUT2D eigenvalue weighted by atomic mass is 10.2. The number of hydrogen-bond donors (Lipinski definition) is 1. The molecule has 1 aromatic carbocycles. The van der Waals surface area contributed by atoms with Crippen molar-refractivity contribution in [2.24, 2.45) is 0 Å². The molecule has 1 amide bonds. The molecule has 1 atom stereocenters. The number of carbonyl (C=O) groups is 1. The second-order valence-corrected chi connectivity index (χ2v) is 8.46. The third kappa shape index (κ3) is 4.42. The van der Waals surface area contributed by atoms with Gasteiger partial charge in [-0.05, 0) is 43.7 Å². The highest BCUT2D eigenvalue weighted by atomic mass is 32.1. The summed E-state index contributed by atoms with van der Waals surface area (Å²) in [6, 6.07) is 10.2. The van der Waals surface area contributed by atoms with Gasteiger partial charge in [0.25, 0.3) is 0 Å². The van der Waals surface area contributed by atoms with Gasteiger partial charge in [0.15, 0.2) is 0 Å². The standard InChI is InChI=1S/C23H28N4O2S/c1-4-27-17(3)20(16(2)25-27)11-24-23(28)14-26-12-18-7-5-6-8-21(18)29-22(13-26)19-9-10-30-15-19/h5-10,15,22H,4,11-14H2,1-3H3,(H,24,28). The highest BCUT2D eigenvalue weighted by Crippen LogP contribution is 2.31. The van der Waals surface area contributed by atoms with Crippen LogP contribution < -0.4 is 10.1 Å². The van der Waals surface area contributed by atoms with Crippen LogP contribution in [0.15, 0.2) is 41.1 Å². The fraction of sp³-hybridized carbons (Fsp3) is 0.391. The van der Waals surface area contributed by atoms with Gasteiger partial charge in [-0.2, -0.15) is 16.4 Å². The van der Waals surface area contributed by atoms with Crippen molar-refractivity contribution in [1.82, 2.24) is 20.0 Å². The maximum atomic E-state index is 12.8. The Bertz CT molecular complexity index is 1010. The van der Waals surface area contributed by atoms with Gasteiger partial charge in [-0.3, -0.25) is 14.4 Å². The van der Waals surface area contributed by atoms with Gasteiger partial charge in [0.1, 0.15) is 11.9 Å². The van der Waals surface area contributed by atoms with Gasteiger partial charge >= 0.3 is 0 Å². The van der Waals surface area contributed by atoms with E-state index < -0.39 is 0 Å². The molecule has 2 aromatic heterocycles. The minimum atomic E-state index is -0.0834. The second kappa shape index (κ2) is 9.02. The zero-order valence-electron chi connectivity index (χ0n) is 17.7. The van der Waals surface area contributed by atoms with Gasteiger partial charge in [-0.15, -0.1) is 0 Å². The van der Waals surface area contributed by atoms with Crippen LogP contribution in [0.25, 0.3) is 0 Å². The van der Waals surface area contributed by atoms with Crippen LogP contribution in [-0.2, 0) is 24.4 Å². The van der Waals surface area contributed by atoms with E-state index in [9.17, 15) is 4.79 Å². The number of aromatic nitrogens is 2. The Balaban J connectivity index is 1.45. The lowest BCUT2D eigenvalue weighted by Crippen LogP contribution is -2.38. The molecule has 3 aromatic rings. The highest BCUT2D eigenvalue weighted by molar-refractivity contribution is 7.07. The maximum absolute atomic E-state index is 12.8. The van der Waals surface area contributed by atoms with Crippen LogP contribution in [0.1, 0.15) is 41.1 Å². The summed E-state index contributed by atoms with van der Waals surface area (Å²) >= 11 is 1.66. The summed E-state index contributed by atoms with van der Waals surface area (Å²) in [7, 11) is 0. The van der Waals surface area contributed by atoms with Crippen molar-refractivity contribution in [1.29, 1.82) is 0 Å². The first kappa shape index (κ1) is 20.6. The monoisotopic (exact) mass is 424 g/mol. The van der Waals surface area contributed by atoms with E-state index in [4.69, 9.17) is 4.74 Å². The molecule has 0 saturated heterocycles. The molecule has 1 unspecified atom stereocenters. The molecule has 30 heavy (non-hydrogen) atoms. The maximum Gasteiger partial charge on any atom is 0.234 e. The van der Waals surface area contributed by atoms with E-state index in [1.807, 2.05) is 29.8 Å². The predicted molar refractivity (Wildman–Crippen MR) is 119 cm³/mol. The fourth-order valence-electron chi connectivity index (χ4n) is 3.98. The Morgan fingerprint density at radius 2 is 2.13 bits per heavy atom. The van der Waals surface area contributed by atoms with Crippen LogP contribution in [0.4, 0.5) is 0 Å². The van der Waals surface area contributed by atoms with Gasteiger partial charge in [-0.1, -0.05) is 18.2 Å². The molecule has 0 saturated carbocycles. The number of benzene rings is 1. The fourth-order valence-corrected chi connectivity index (χ4v) is 4.68. The number of fused-ring (bicyclic) bond motifs is 1. The molecule has 0 radical (unpaired) electrons. The Morgan fingerprint density at radius 3 is 2.87 bits per heavy atom. The van der Waals surface area contributed by atoms with Crippen LogP contribution >= 0.6 is 11.3 Å². The topological polar surface area (TPSA) is 59.4 Å². The van der Waals surface area contributed by atoms with Crippen molar-refractivity contribution < 1.29 is 9.53 Å². The Hall–Kier alpha value is -2.64. The van der Waals surface area contributed by atoms with Gasteiger partial charge in [0.2, 0.25) is 5.91 Å². The molecule has 0 fully saturated rings. The highest BCUT2D eigenvalue weighted by Gasteiger charge is 2.25. The number of nitrogens with zero attached hydrogens (tertiary/aromatic N) is 3. The van der Waals surface area contributed by atoms with Crippen LogP contribution in [0.2, 0.25) is 0 Å². The average molecular weight is 425 g/mol.